The van der Waals surface area contributed by atoms with Crippen molar-refractivity contribution in [1.29, 1.82) is 0 Å². The lowest BCUT2D eigenvalue weighted by Crippen LogP contribution is -2.32. The lowest BCUT2D eigenvalue weighted by molar-refractivity contribution is 0.204. The van der Waals surface area contributed by atoms with Crippen molar-refractivity contribution in [2.75, 3.05) is 31.7 Å². The van der Waals surface area contributed by atoms with Crippen LogP contribution >= 0.6 is 0 Å². The average Bonchev–Trinajstić information content (AvgIpc) is 3.25. The number of rotatable bonds is 9. The van der Waals surface area contributed by atoms with Crippen molar-refractivity contribution >= 4 is 5.82 Å². The Bertz CT molecular complexity index is 449. The molecule has 0 amide bonds. The van der Waals surface area contributed by atoms with E-state index in [-0.39, 0.29) is 5.82 Å². The quantitative estimate of drug-likeness (QED) is 0.760. The Labute approximate surface area is 126 Å². The largest absolute Gasteiger partial charge is 0.383 e. The molecule has 0 atom stereocenters. The van der Waals surface area contributed by atoms with Gasteiger partial charge in [-0.2, -0.15) is 0 Å². The standard InChI is InChI=1S/C16H26FN3O/c1-12(2)9-18-10-13-8-14(17)11-19-16(13)20(6-7-21-3)15-4-5-15/h8,11-12,15,18H,4-7,9-10H2,1-3H3. The molecule has 5 heteroatoms. The van der Waals surface area contributed by atoms with Crippen LogP contribution in [0.15, 0.2) is 12.3 Å². The second kappa shape index (κ2) is 7.71. The van der Waals surface area contributed by atoms with E-state index < -0.39 is 0 Å². The van der Waals surface area contributed by atoms with E-state index >= 15 is 0 Å². The molecule has 0 bridgehead atoms. The van der Waals surface area contributed by atoms with Crippen molar-refractivity contribution in [3.63, 3.8) is 0 Å². The topological polar surface area (TPSA) is 37.4 Å². The zero-order chi connectivity index (χ0) is 15.2. The minimum absolute atomic E-state index is 0.275. The summed E-state index contributed by atoms with van der Waals surface area (Å²) in [6, 6.07) is 2.12. The summed E-state index contributed by atoms with van der Waals surface area (Å²) in [5.41, 5.74) is 0.929. The Morgan fingerprint density at radius 1 is 1.48 bits per heavy atom. The molecule has 1 heterocycles. The van der Waals surface area contributed by atoms with Crippen LogP contribution in [0.5, 0.6) is 0 Å². The number of anilines is 1. The van der Waals surface area contributed by atoms with Gasteiger partial charge in [0.05, 0.1) is 12.8 Å². The SMILES string of the molecule is COCCN(c1ncc(F)cc1CNCC(C)C)C1CC1. The summed E-state index contributed by atoms with van der Waals surface area (Å²) in [5, 5.41) is 3.37. The molecule has 1 aromatic heterocycles. The van der Waals surface area contributed by atoms with Crippen LogP contribution < -0.4 is 10.2 Å². The highest BCUT2D eigenvalue weighted by Crippen LogP contribution is 2.32. The molecule has 0 radical (unpaired) electrons. The molecular weight excluding hydrogens is 269 g/mol. The number of ether oxygens (including phenoxy) is 1. The molecule has 1 fully saturated rings. The first-order chi connectivity index (χ1) is 10.1. The van der Waals surface area contributed by atoms with Crippen molar-refractivity contribution in [1.82, 2.24) is 10.3 Å². The molecule has 4 nitrogen and oxygen atoms in total. The number of hydrogen-bond donors (Lipinski definition) is 1. The molecule has 1 aliphatic carbocycles. The fourth-order valence-corrected chi connectivity index (χ4v) is 2.40. The first-order valence-corrected chi connectivity index (χ1v) is 7.72. The maximum absolute atomic E-state index is 13.5. The van der Waals surface area contributed by atoms with Crippen LogP contribution in [0.1, 0.15) is 32.3 Å². The lowest BCUT2D eigenvalue weighted by atomic mass is 10.2. The van der Waals surface area contributed by atoms with Crippen LogP contribution in [-0.4, -0.2) is 37.8 Å². The highest BCUT2D eigenvalue weighted by molar-refractivity contribution is 5.49. The second-order valence-electron chi connectivity index (χ2n) is 6.08. The normalized spacial score (nSPS) is 14.7. The Morgan fingerprint density at radius 3 is 2.86 bits per heavy atom. The first kappa shape index (κ1) is 16.2. The summed E-state index contributed by atoms with van der Waals surface area (Å²) in [7, 11) is 1.70. The van der Waals surface area contributed by atoms with Crippen LogP contribution in [0.4, 0.5) is 10.2 Å². The highest BCUT2D eigenvalue weighted by Gasteiger charge is 2.31. The van der Waals surface area contributed by atoms with Gasteiger partial charge >= 0.3 is 0 Å². The van der Waals surface area contributed by atoms with E-state index in [1.54, 1.807) is 13.2 Å². The molecule has 0 aromatic carbocycles. The van der Waals surface area contributed by atoms with Crippen LogP contribution in [0.3, 0.4) is 0 Å². The third kappa shape index (κ3) is 4.93. The molecule has 1 saturated carbocycles. The summed E-state index contributed by atoms with van der Waals surface area (Å²) >= 11 is 0. The molecule has 1 aromatic rings. The number of halogens is 1. The van der Waals surface area contributed by atoms with Crippen LogP contribution in [-0.2, 0) is 11.3 Å². The summed E-state index contributed by atoms with van der Waals surface area (Å²) in [4.78, 5) is 6.61. The van der Waals surface area contributed by atoms with Crippen molar-refractivity contribution in [3.05, 3.63) is 23.6 Å². The van der Waals surface area contributed by atoms with Gasteiger partial charge in [-0.25, -0.2) is 9.37 Å². The number of hydrogen-bond acceptors (Lipinski definition) is 4. The summed E-state index contributed by atoms with van der Waals surface area (Å²) in [5.74, 6) is 1.19. The zero-order valence-electron chi connectivity index (χ0n) is 13.2. The van der Waals surface area contributed by atoms with Gasteiger partial charge in [0.25, 0.3) is 0 Å². The van der Waals surface area contributed by atoms with E-state index in [9.17, 15) is 4.39 Å². The van der Waals surface area contributed by atoms with E-state index in [0.29, 0.717) is 25.1 Å². The molecule has 21 heavy (non-hydrogen) atoms. The van der Waals surface area contributed by atoms with Crippen molar-refractivity contribution in [3.8, 4) is 0 Å². The van der Waals surface area contributed by atoms with Gasteiger partial charge in [0, 0.05) is 31.8 Å². The Morgan fingerprint density at radius 2 is 2.24 bits per heavy atom. The van der Waals surface area contributed by atoms with Crippen LogP contribution in [0, 0.1) is 11.7 Å². The summed E-state index contributed by atoms with van der Waals surface area (Å²) in [6.45, 7) is 7.34. The summed E-state index contributed by atoms with van der Waals surface area (Å²) in [6.07, 6.45) is 3.67. The molecule has 0 unspecified atom stereocenters. The smallest absolute Gasteiger partial charge is 0.141 e. The number of nitrogens with one attached hydrogen (secondary N) is 1. The third-order valence-electron chi connectivity index (χ3n) is 3.57. The molecule has 0 saturated heterocycles. The van der Waals surface area contributed by atoms with Crippen molar-refractivity contribution < 1.29 is 9.13 Å². The van der Waals surface area contributed by atoms with Gasteiger partial charge in [-0.05, 0) is 31.4 Å². The van der Waals surface area contributed by atoms with Crippen LogP contribution in [0.25, 0.3) is 0 Å². The van der Waals surface area contributed by atoms with Gasteiger partial charge in [-0.3, -0.25) is 0 Å². The fraction of sp³-hybridized carbons (Fsp3) is 0.688. The third-order valence-corrected chi connectivity index (χ3v) is 3.57. The van der Waals surface area contributed by atoms with E-state index in [1.165, 1.54) is 19.0 Å². The molecule has 0 aliphatic heterocycles. The minimum atomic E-state index is -0.275. The van der Waals surface area contributed by atoms with Gasteiger partial charge in [-0.1, -0.05) is 13.8 Å². The highest BCUT2D eigenvalue weighted by atomic mass is 19.1. The monoisotopic (exact) mass is 295 g/mol. The molecule has 118 valence electrons. The average molecular weight is 295 g/mol. The Hall–Kier alpha value is -1.20. The first-order valence-electron chi connectivity index (χ1n) is 7.72. The van der Waals surface area contributed by atoms with E-state index in [4.69, 9.17) is 4.74 Å². The molecule has 0 spiro atoms. The van der Waals surface area contributed by atoms with Gasteiger partial charge in [0.1, 0.15) is 11.6 Å². The fourth-order valence-electron chi connectivity index (χ4n) is 2.40. The number of methoxy groups -OCH3 is 1. The van der Waals surface area contributed by atoms with E-state index in [2.05, 4.69) is 29.0 Å². The van der Waals surface area contributed by atoms with Crippen LogP contribution in [0.2, 0.25) is 0 Å². The van der Waals surface area contributed by atoms with Crippen molar-refractivity contribution in [2.45, 2.75) is 39.3 Å². The Balaban J connectivity index is 2.11. The Kier molecular flexibility index (Phi) is 5.94. The number of aromatic nitrogens is 1. The van der Waals surface area contributed by atoms with Gasteiger partial charge in [0.2, 0.25) is 0 Å². The molecule has 1 aliphatic rings. The van der Waals surface area contributed by atoms with Crippen molar-refractivity contribution in [2.24, 2.45) is 5.92 Å². The number of pyridine rings is 1. The maximum Gasteiger partial charge on any atom is 0.141 e. The minimum Gasteiger partial charge on any atom is -0.383 e. The zero-order valence-corrected chi connectivity index (χ0v) is 13.2. The molecular formula is C16H26FN3O. The predicted octanol–water partition coefficient (Wildman–Crippen LogP) is 2.58. The maximum atomic E-state index is 13.5. The summed E-state index contributed by atoms with van der Waals surface area (Å²) < 4.78 is 18.7. The molecule has 1 N–H and O–H groups in total. The number of nitrogens with zero attached hydrogens (tertiary/aromatic N) is 2. The van der Waals surface area contributed by atoms with Gasteiger partial charge < -0.3 is 15.0 Å². The predicted molar refractivity (Wildman–Crippen MR) is 83.0 cm³/mol. The lowest BCUT2D eigenvalue weighted by Gasteiger charge is -2.25. The second-order valence-corrected chi connectivity index (χ2v) is 6.08. The van der Waals surface area contributed by atoms with E-state index in [1.807, 2.05) is 0 Å². The molecule has 2 rings (SSSR count). The van der Waals surface area contributed by atoms with E-state index in [0.717, 1.165) is 24.5 Å². The van der Waals surface area contributed by atoms with Gasteiger partial charge in [0.15, 0.2) is 0 Å². The van der Waals surface area contributed by atoms with Gasteiger partial charge in [-0.15, -0.1) is 0 Å².